The number of methoxy groups -OCH3 is 3. The third-order valence-corrected chi connectivity index (χ3v) is 4.08. The zero-order valence-corrected chi connectivity index (χ0v) is 15.3. The molecule has 0 bridgehead atoms. The lowest BCUT2D eigenvalue weighted by atomic mass is 9.95. The number of rotatable bonds is 7. The molecule has 0 fully saturated rings. The molecule has 25 heavy (non-hydrogen) atoms. The van der Waals surface area contributed by atoms with Crippen LogP contribution in [0.1, 0.15) is 35.8 Å². The molecule has 5 nitrogen and oxygen atoms in total. The lowest BCUT2D eigenvalue weighted by Gasteiger charge is -2.23. The Morgan fingerprint density at radius 3 is 2.00 bits per heavy atom. The first-order chi connectivity index (χ1) is 12.0. The summed E-state index contributed by atoms with van der Waals surface area (Å²) in [5.41, 5.74) is 1.50. The molecule has 0 aliphatic rings. The van der Waals surface area contributed by atoms with Crippen LogP contribution in [-0.2, 0) is 0 Å². The van der Waals surface area contributed by atoms with E-state index in [2.05, 4.69) is 19.2 Å². The Labute approximate surface area is 148 Å². The summed E-state index contributed by atoms with van der Waals surface area (Å²) in [7, 11) is 4.74. The largest absolute Gasteiger partial charge is 0.497 e. The Balaban J connectivity index is 2.25. The Bertz CT molecular complexity index is 710. The molecule has 0 saturated carbocycles. The van der Waals surface area contributed by atoms with Gasteiger partial charge >= 0.3 is 0 Å². The van der Waals surface area contributed by atoms with E-state index in [4.69, 9.17) is 14.2 Å². The highest BCUT2D eigenvalue weighted by Crippen LogP contribution is 2.28. The van der Waals surface area contributed by atoms with Gasteiger partial charge in [0.2, 0.25) is 0 Å². The Morgan fingerprint density at radius 1 is 0.880 bits per heavy atom. The zero-order chi connectivity index (χ0) is 18.4. The molecule has 5 heteroatoms. The van der Waals surface area contributed by atoms with Gasteiger partial charge in [0, 0.05) is 6.07 Å². The first-order valence-corrected chi connectivity index (χ1v) is 8.17. The van der Waals surface area contributed by atoms with Gasteiger partial charge in [-0.2, -0.15) is 0 Å². The van der Waals surface area contributed by atoms with Crippen LogP contribution >= 0.6 is 0 Å². The van der Waals surface area contributed by atoms with Crippen LogP contribution in [0.15, 0.2) is 42.5 Å². The number of carbonyl (C=O) groups excluding carboxylic acids is 1. The number of amides is 1. The van der Waals surface area contributed by atoms with Crippen molar-refractivity contribution < 1.29 is 19.0 Å². The van der Waals surface area contributed by atoms with E-state index in [0.717, 1.165) is 11.3 Å². The van der Waals surface area contributed by atoms with Crippen LogP contribution in [0.3, 0.4) is 0 Å². The maximum Gasteiger partial charge on any atom is 0.255 e. The van der Waals surface area contributed by atoms with Crippen LogP contribution in [0.25, 0.3) is 0 Å². The fraction of sp³-hybridized carbons (Fsp3) is 0.350. The predicted molar refractivity (Wildman–Crippen MR) is 97.6 cm³/mol. The van der Waals surface area contributed by atoms with Gasteiger partial charge in [0.25, 0.3) is 5.91 Å². The van der Waals surface area contributed by atoms with E-state index >= 15 is 0 Å². The van der Waals surface area contributed by atoms with Crippen molar-refractivity contribution in [1.29, 1.82) is 0 Å². The summed E-state index contributed by atoms with van der Waals surface area (Å²) in [5, 5.41) is 3.10. The molecule has 1 N–H and O–H groups in total. The van der Waals surface area contributed by atoms with Gasteiger partial charge in [-0.15, -0.1) is 0 Å². The van der Waals surface area contributed by atoms with Gasteiger partial charge in [-0.3, -0.25) is 4.79 Å². The van der Waals surface area contributed by atoms with E-state index in [-0.39, 0.29) is 17.9 Å². The highest BCUT2D eigenvalue weighted by molar-refractivity contribution is 5.97. The van der Waals surface area contributed by atoms with Gasteiger partial charge in [-0.1, -0.05) is 26.0 Å². The summed E-state index contributed by atoms with van der Waals surface area (Å²) in [6.45, 7) is 4.14. The van der Waals surface area contributed by atoms with Crippen molar-refractivity contribution in [3.63, 3.8) is 0 Å². The highest BCUT2D eigenvalue weighted by Gasteiger charge is 2.21. The van der Waals surface area contributed by atoms with Crippen LogP contribution in [0, 0.1) is 5.92 Å². The van der Waals surface area contributed by atoms with Crippen molar-refractivity contribution >= 4 is 5.91 Å². The van der Waals surface area contributed by atoms with Crippen molar-refractivity contribution in [2.75, 3.05) is 21.3 Å². The SMILES string of the molecule is COc1ccc(C(NC(=O)c2ccc(OC)cc2OC)C(C)C)cc1. The summed E-state index contributed by atoms with van der Waals surface area (Å²) in [4.78, 5) is 12.8. The number of nitrogens with one attached hydrogen (secondary N) is 1. The van der Waals surface area contributed by atoms with Gasteiger partial charge in [0.15, 0.2) is 0 Å². The second-order valence-electron chi connectivity index (χ2n) is 6.03. The number of hydrogen-bond acceptors (Lipinski definition) is 4. The summed E-state index contributed by atoms with van der Waals surface area (Å²) in [6.07, 6.45) is 0. The molecule has 0 aromatic heterocycles. The summed E-state index contributed by atoms with van der Waals surface area (Å²) < 4.78 is 15.7. The number of hydrogen-bond donors (Lipinski definition) is 1. The molecule has 0 spiro atoms. The van der Waals surface area contributed by atoms with Gasteiger partial charge in [0.1, 0.15) is 17.2 Å². The molecular weight excluding hydrogens is 318 g/mol. The smallest absolute Gasteiger partial charge is 0.255 e. The predicted octanol–water partition coefficient (Wildman–Crippen LogP) is 3.84. The normalized spacial score (nSPS) is 11.8. The number of carbonyl (C=O) groups is 1. The Morgan fingerprint density at radius 2 is 1.48 bits per heavy atom. The summed E-state index contributed by atoms with van der Waals surface area (Å²) in [5.74, 6) is 1.95. The topological polar surface area (TPSA) is 56.8 Å². The molecule has 2 aromatic rings. The minimum absolute atomic E-state index is 0.120. The lowest BCUT2D eigenvalue weighted by Crippen LogP contribution is -2.32. The van der Waals surface area contributed by atoms with Crippen LogP contribution in [0.2, 0.25) is 0 Å². The molecule has 1 atom stereocenters. The third kappa shape index (κ3) is 4.44. The van der Waals surface area contributed by atoms with Crippen molar-refractivity contribution in [1.82, 2.24) is 5.32 Å². The van der Waals surface area contributed by atoms with E-state index < -0.39 is 0 Å². The van der Waals surface area contributed by atoms with E-state index in [1.54, 1.807) is 32.4 Å². The first kappa shape index (κ1) is 18.6. The third-order valence-electron chi connectivity index (χ3n) is 4.08. The molecule has 2 rings (SSSR count). The maximum absolute atomic E-state index is 12.8. The molecule has 2 aromatic carbocycles. The second-order valence-corrected chi connectivity index (χ2v) is 6.03. The van der Waals surface area contributed by atoms with E-state index in [9.17, 15) is 4.79 Å². The van der Waals surface area contributed by atoms with E-state index in [0.29, 0.717) is 17.1 Å². The van der Waals surface area contributed by atoms with Gasteiger partial charge < -0.3 is 19.5 Å². The summed E-state index contributed by atoms with van der Waals surface area (Å²) >= 11 is 0. The van der Waals surface area contributed by atoms with Crippen molar-refractivity contribution in [2.45, 2.75) is 19.9 Å². The van der Waals surface area contributed by atoms with Crippen molar-refractivity contribution in [3.8, 4) is 17.2 Å². The fourth-order valence-electron chi connectivity index (χ4n) is 2.65. The van der Waals surface area contributed by atoms with Gasteiger partial charge in [-0.05, 0) is 35.7 Å². The molecule has 134 valence electrons. The molecule has 1 amide bonds. The van der Waals surface area contributed by atoms with Gasteiger partial charge in [-0.25, -0.2) is 0 Å². The van der Waals surface area contributed by atoms with Crippen molar-refractivity contribution in [2.24, 2.45) is 5.92 Å². The zero-order valence-electron chi connectivity index (χ0n) is 15.3. The van der Waals surface area contributed by atoms with E-state index in [1.807, 2.05) is 24.3 Å². The molecule has 0 saturated heterocycles. The number of ether oxygens (including phenoxy) is 3. The summed E-state index contributed by atoms with van der Waals surface area (Å²) in [6, 6.07) is 12.8. The van der Waals surface area contributed by atoms with Crippen LogP contribution in [-0.4, -0.2) is 27.2 Å². The monoisotopic (exact) mass is 343 g/mol. The Kier molecular flexibility index (Phi) is 6.28. The molecular formula is C20H25NO4. The van der Waals surface area contributed by atoms with E-state index in [1.165, 1.54) is 7.11 Å². The lowest BCUT2D eigenvalue weighted by molar-refractivity contribution is 0.0922. The quantitative estimate of drug-likeness (QED) is 0.830. The standard InChI is InChI=1S/C20H25NO4/c1-13(2)19(14-6-8-15(23-3)9-7-14)21-20(22)17-11-10-16(24-4)12-18(17)25-5/h6-13,19H,1-5H3,(H,21,22). The fourth-order valence-corrected chi connectivity index (χ4v) is 2.65. The van der Waals surface area contributed by atoms with Crippen LogP contribution in [0.5, 0.6) is 17.2 Å². The maximum atomic E-state index is 12.8. The van der Waals surface area contributed by atoms with Crippen LogP contribution < -0.4 is 19.5 Å². The second kappa shape index (κ2) is 8.42. The van der Waals surface area contributed by atoms with Crippen molar-refractivity contribution in [3.05, 3.63) is 53.6 Å². The Hall–Kier alpha value is -2.69. The first-order valence-electron chi connectivity index (χ1n) is 8.17. The molecule has 1 unspecified atom stereocenters. The van der Waals surface area contributed by atoms with Crippen LogP contribution in [0.4, 0.5) is 0 Å². The molecule has 0 aliphatic carbocycles. The molecule has 0 heterocycles. The molecule has 0 radical (unpaired) electrons. The minimum Gasteiger partial charge on any atom is -0.497 e. The average Bonchev–Trinajstić information content (AvgIpc) is 2.65. The van der Waals surface area contributed by atoms with Gasteiger partial charge in [0.05, 0.1) is 32.9 Å². The highest BCUT2D eigenvalue weighted by atomic mass is 16.5. The average molecular weight is 343 g/mol. The molecule has 0 aliphatic heterocycles. The number of benzene rings is 2. The minimum atomic E-state index is -0.186.